The Morgan fingerprint density at radius 1 is 1.16 bits per heavy atom. The van der Waals surface area contributed by atoms with Gasteiger partial charge in [0.05, 0.1) is 17.7 Å². The normalized spacial score (nSPS) is 11.5. The van der Waals surface area contributed by atoms with Gasteiger partial charge in [-0.2, -0.15) is 5.26 Å². The van der Waals surface area contributed by atoms with Crippen molar-refractivity contribution in [1.82, 2.24) is 5.32 Å². The first-order valence-electron chi connectivity index (χ1n) is 8.61. The molecule has 0 saturated heterocycles. The summed E-state index contributed by atoms with van der Waals surface area (Å²) in [5.41, 5.74) is 2.86. The van der Waals surface area contributed by atoms with Crippen molar-refractivity contribution in [3.63, 3.8) is 0 Å². The van der Waals surface area contributed by atoms with E-state index in [-0.39, 0.29) is 12.0 Å². The molecule has 0 spiro atoms. The summed E-state index contributed by atoms with van der Waals surface area (Å²) >= 11 is 0. The predicted octanol–water partition coefficient (Wildman–Crippen LogP) is 3.77. The molecule has 0 heterocycles. The van der Waals surface area contributed by atoms with Crippen molar-refractivity contribution in [2.45, 2.75) is 32.3 Å². The number of rotatable bonds is 9. The highest BCUT2D eigenvalue weighted by atomic mass is 16.5. The van der Waals surface area contributed by atoms with Crippen LogP contribution in [0.15, 0.2) is 54.6 Å². The predicted molar refractivity (Wildman–Crippen MR) is 97.9 cm³/mol. The third-order valence-electron chi connectivity index (χ3n) is 4.00. The SMILES string of the molecule is CC(OCCCNC(=O)CCc1ccc(C#N)cc1)c1ccccc1. The Morgan fingerprint density at radius 3 is 2.56 bits per heavy atom. The number of carbonyl (C=O) groups excluding carboxylic acids is 1. The lowest BCUT2D eigenvalue weighted by atomic mass is 10.1. The first-order chi connectivity index (χ1) is 12.2. The monoisotopic (exact) mass is 336 g/mol. The maximum absolute atomic E-state index is 11.9. The molecule has 0 radical (unpaired) electrons. The van der Waals surface area contributed by atoms with Crippen molar-refractivity contribution in [2.24, 2.45) is 0 Å². The molecule has 2 aromatic carbocycles. The maximum Gasteiger partial charge on any atom is 0.220 e. The van der Waals surface area contributed by atoms with Crippen LogP contribution < -0.4 is 5.32 Å². The molecule has 0 aliphatic carbocycles. The molecule has 0 saturated carbocycles. The molecule has 2 rings (SSSR count). The zero-order chi connectivity index (χ0) is 17.9. The number of nitrogens with zero attached hydrogens (tertiary/aromatic N) is 1. The Hall–Kier alpha value is -2.64. The Bertz CT molecular complexity index is 690. The molecule has 1 atom stereocenters. The quantitative estimate of drug-likeness (QED) is 0.709. The second-order valence-corrected chi connectivity index (χ2v) is 5.94. The minimum Gasteiger partial charge on any atom is -0.374 e. The Morgan fingerprint density at radius 2 is 1.88 bits per heavy atom. The van der Waals surface area contributed by atoms with Gasteiger partial charge < -0.3 is 10.1 Å². The average molecular weight is 336 g/mol. The lowest BCUT2D eigenvalue weighted by molar-refractivity contribution is -0.121. The molecule has 0 fully saturated rings. The van der Waals surface area contributed by atoms with Crippen molar-refractivity contribution in [2.75, 3.05) is 13.2 Å². The fraction of sp³-hybridized carbons (Fsp3) is 0.333. The van der Waals surface area contributed by atoms with Crippen molar-refractivity contribution < 1.29 is 9.53 Å². The molecular formula is C21H24N2O2. The molecule has 4 nitrogen and oxygen atoms in total. The highest BCUT2D eigenvalue weighted by molar-refractivity contribution is 5.76. The topological polar surface area (TPSA) is 62.1 Å². The van der Waals surface area contributed by atoms with Gasteiger partial charge in [-0.3, -0.25) is 4.79 Å². The minimum absolute atomic E-state index is 0.0421. The first kappa shape index (κ1) is 18.7. The second kappa shape index (κ2) is 10.3. The van der Waals surface area contributed by atoms with Crippen LogP contribution in [-0.2, 0) is 16.0 Å². The van der Waals surface area contributed by atoms with Gasteiger partial charge in [0.25, 0.3) is 0 Å². The lowest BCUT2D eigenvalue weighted by Crippen LogP contribution is -2.25. The number of nitrogens with one attached hydrogen (secondary N) is 1. The fourth-order valence-corrected chi connectivity index (χ4v) is 2.47. The Labute approximate surface area is 149 Å². The van der Waals surface area contributed by atoms with Crippen molar-refractivity contribution in [3.8, 4) is 6.07 Å². The maximum atomic E-state index is 11.9. The number of nitriles is 1. The summed E-state index contributed by atoms with van der Waals surface area (Å²) in [5.74, 6) is 0.0421. The minimum atomic E-state index is 0.0421. The number of benzene rings is 2. The second-order valence-electron chi connectivity index (χ2n) is 5.94. The lowest BCUT2D eigenvalue weighted by Gasteiger charge is -2.13. The largest absolute Gasteiger partial charge is 0.374 e. The summed E-state index contributed by atoms with van der Waals surface area (Å²) in [5, 5.41) is 11.7. The van der Waals surface area contributed by atoms with Gasteiger partial charge in [-0.25, -0.2) is 0 Å². The molecule has 1 amide bonds. The van der Waals surface area contributed by atoms with Crippen LogP contribution in [0, 0.1) is 11.3 Å². The van der Waals surface area contributed by atoms with Gasteiger partial charge in [-0.15, -0.1) is 0 Å². The molecule has 0 aliphatic rings. The van der Waals surface area contributed by atoms with Crippen LogP contribution in [0.1, 0.15) is 42.6 Å². The van der Waals surface area contributed by atoms with Gasteiger partial charge in [-0.05, 0) is 43.0 Å². The van der Waals surface area contributed by atoms with Crippen LogP contribution in [0.5, 0.6) is 0 Å². The third kappa shape index (κ3) is 6.78. The van der Waals surface area contributed by atoms with E-state index >= 15 is 0 Å². The van der Waals surface area contributed by atoms with E-state index in [0.29, 0.717) is 31.6 Å². The van der Waals surface area contributed by atoms with Gasteiger partial charge in [0.1, 0.15) is 0 Å². The highest BCUT2D eigenvalue weighted by Gasteiger charge is 2.05. The van der Waals surface area contributed by atoms with Crippen molar-refractivity contribution in [3.05, 3.63) is 71.3 Å². The average Bonchev–Trinajstić information content (AvgIpc) is 2.67. The van der Waals surface area contributed by atoms with Gasteiger partial charge in [0.2, 0.25) is 5.91 Å². The van der Waals surface area contributed by atoms with Gasteiger partial charge in [0, 0.05) is 19.6 Å². The summed E-state index contributed by atoms with van der Waals surface area (Å²) in [4.78, 5) is 11.9. The van der Waals surface area contributed by atoms with E-state index in [0.717, 1.165) is 17.5 Å². The molecule has 0 bridgehead atoms. The first-order valence-corrected chi connectivity index (χ1v) is 8.61. The van der Waals surface area contributed by atoms with Crippen LogP contribution >= 0.6 is 0 Å². The summed E-state index contributed by atoms with van der Waals surface area (Å²) in [6, 6.07) is 19.5. The van der Waals surface area contributed by atoms with E-state index in [4.69, 9.17) is 10.00 Å². The molecule has 130 valence electrons. The standard InChI is InChI=1S/C21H24N2O2/c1-17(20-6-3-2-4-7-20)25-15-5-14-23-21(24)13-12-18-8-10-19(16-22)11-9-18/h2-4,6-11,17H,5,12-15H2,1H3,(H,23,24). The number of carbonyl (C=O) groups is 1. The molecule has 1 N–H and O–H groups in total. The smallest absolute Gasteiger partial charge is 0.220 e. The molecular weight excluding hydrogens is 312 g/mol. The van der Waals surface area contributed by atoms with E-state index in [1.807, 2.05) is 37.3 Å². The van der Waals surface area contributed by atoms with E-state index in [2.05, 4.69) is 23.5 Å². The number of aryl methyl sites for hydroxylation is 1. The summed E-state index contributed by atoms with van der Waals surface area (Å²) in [6.45, 7) is 3.27. The van der Waals surface area contributed by atoms with Crippen LogP contribution in [0.4, 0.5) is 0 Å². The Balaban J connectivity index is 1.57. The number of hydrogen-bond acceptors (Lipinski definition) is 3. The van der Waals surface area contributed by atoms with Gasteiger partial charge in [-0.1, -0.05) is 42.5 Å². The zero-order valence-electron chi connectivity index (χ0n) is 14.6. The number of amides is 1. The van der Waals surface area contributed by atoms with Crippen LogP contribution in [0.3, 0.4) is 0 Å². The molecule has 1 unspecified atom stereocenters. The summed E-state index contributed by atoms with van der Waals surface area (Å²) in [7, 11) is 0. The molecule has 0 aliphatic heterocycles. The van der Waals surface area contributed by atoms with Crippen LogP contribution in [0.25, 0.3) is 0 Å². The van der Waals surface area contributed by atoms with E-state index in [1.165, 1.54) is 0 Å². The Kier molecular flexibility index (Phi) is 7.68. The third-order valence-corrected chi connectivity index (χ3v) is 4.00. The van der Waals surface area contributed by atoms with E-state index in [1.54, 1.807) is 12.1 Å². The zero-order valence-corrected chi connectivity index (χ0v) is 14.6. The molecule has 4 heteroatoms. The van der Waals surface area contributed by atoms with Crippen molar-refractivity contribution in [1.29, 1.82) is 5.26 Å². The van der Waals surface area contributed by atoms with E-state index in [9.17, 15) is 4.79 Å². The summed E-state index contributed by atoms with van der Waals surface area (Å²) in [6.07, 6.45) is 1.99. The van der Waals surface area contributed by atoms with Crippen molar-refractivity contribution >= 4 is 5.91 Å². The summed E-state index contributed by atoms with van der Waals surface area (Å²) < 4.78 is 5.78. The highest BCUT2D eigenvalue weighted by Crippen LogP contribution is 2.15. The van der Waals surface area contributed by atoms with E-state index < -0.39 is 0 Å². The van der Waals surface area contributed by atoms with Gasteiger partial charge >= 0.3 is 0 Å². The molecule has 2 aromatic rings. The molecule has 25 heavy (non-hydrogen) atoms. The van der Waals surface area contributed by atoms with Crippen LogP contribution in [-0.4, -0.2) is 19.1 Å². The number of ether oxygens (including phenoxy) is 1. The van der Waals surface area contributed by atoms with Crippen LogP contribution in [0.2, 0.25) is 0 Å². The molecule has 0 aromatic heterocycles. The fourth-order valence-electron chi connectivity index (χ4n) is 2.47. The van der Waals surface area contributed by atoms with Gasteiger partial charge in [0.15, 0.2) is 0 Å². The number of hydrogen-bond donors (Lipinski definition) is 1.